The standard InChI is InChI=1S/C17H22ClN3O2/c1-19-9-10-21(17(19)23)12-16(22)20-8-2-3-14(11-20)13-4-6-15(18)7-5-13/h4-7,14H,2-3,8-12H2,1H3/t14-/m0/s1. The summed E-state index contributed by atoms with van der Waals surface area (Å²) in [7, 11) is 1.77. The van der Waals surface area contributed by atoms with E-state index in [1.807, 2.05) is 29.2 Å². The summed E-state index contributed by atoms with van der Waals surface area (Å²) in [6, 6.07) is 7.83. The minimum Gasteiger partial charge on any atom is -0.341 e. The average molecular weight is 336 g/mol. The summed E-state index contributed by atoms with van der Waals surface area (Å²) < 4.78 is 0. The number of urea groups is 1. The Morgan fingerprint density at radius 1 is 1.22 bits per heavy atom. The van der Waals surface area contributed by atoms with Gasteiger partial charge in [0.15, 0.2) is 0 Å². The number of hydrogen-bond acceptors (Lipinski definition) is 2. The lowest BCUT2D eigenvalue weighted by molar-refractivity contribution is -0.132. The number of benzene rings is 1. The molecule has 5 nitrogen and oxygen atoms in total. The fourth-order valence-corrected chi connectivity index (χ4v) is 3.45. The van der Waals surface area contributed by atoms with Crippen LogP contribution in [0.2, 0.25) is 5.02 Å². The van der Waals surface area contributed by atoms with Crippen LogP contribution in [0.1, 0.15) is 24.3 Å². The summed E-state index contributed by atoms with van der Waals surface area (Å²) in [5, 5.41) is 0.731. The summed E-state index contributed by atoms with van der Waals surface area (Å²) in [4.78, 5) is 29.6. The van der Waals surface area contributed by atoms with E-state index < -0.39 is 0 Å². The molecule has 3 amide bonds. The molecule has 2 fully saturated rings. The Kier molecular flexibility index (Phi) is 4.76. The zero-order valence-electron chi connectivity index (χ0n) is 13.4. The second-order valence-corrected chi connectivity index (χ2v) is 6.79. The van der Waals surface area contributed by atoms with E-state index in [-0.39, 0.29) is 18.5 Å². The molecule has 3 rings (SSSR count). The van der Waals surface area contributed by atoms with Crippen molar-refractivity contribution in [1.29, 1.82) is 0 Å². The molecular formula is C17H22ClN3O2. The third-order valence-electron chi connectivity index (χ3n) is 4.74. The number of hydrogen-bond donors (Lipinski definition) is 0. The predicted octanol–water partition coefficient (Wildman–Crippen LogP) is 2.41. The van der Waals surface area contributed by atoms with Gasteiger partial charge in [0.2, 0.25) is 5.91 Å². The van der Waals surface area contributed by atoms with Gasteiger partial charge >= 0.3 is 6.03 Å². The van der Waals surface area contributed by atoms with Crippen LogP contribution in [0.15, 0.2) is 24.3 Å². The minimum absolute atomic E-state index is 0.0484. The maximum atomic E-state index is 12.5. The number of amides is 3. The van der Waals surface area contributed by atoms with Gasteiger partial charge in [0.05, 0.1) is 0 Å². The van der Waals surface area contributed by atoms with Crippen LogP contribution in [-0.2, 0) is 4.79 Å². The molecule has 2 saturated heterocycles. The molecular weight excluding hydrogens is 314 g/mol. The van der Waals surface area contributed by atoms with Gasteiger partial charge in [-0.05, 0) is 30.5 Å². The SMILES string of the molecule is CN1CCN(CC(=O)N2CCC[C@H](c3ccc(Cl)cc3)C2)C1=O. The first kappa shape index (κ1) is 16.1. The molecule has 2 aliphatic rings. The van der Waals surface area contributed by atoms with Crippen LogP contribution in [0.4, 0.5) is 4.79 Å². The lowest BCUT2D eigenvalue weighted by atomic mass is 9.90. The molecule has 0 unspecified atom stereocenters. The van der Waals surface area contributed by atoms with Gasteiger partial charge in [0, 0.05) is 44.2 Å². The summed E-state index contributed by atoms with van der Waals surface area (Å²) in [5.74, 6) is 0.397. The fraction of sp³-hybridized carbons (Fsp3) is 0.529. The van der Waals surface area contributed by atoms with E-state index in [1.54, 1.807) is 16.8 Å². The van der Waals surface area contributed by atoms with E-state index in [0.717, 1.165) is 31.0 Å². The van der Waals surface area contributed by atoms with Gasteiger partial charge in [0.25, 0.3) is 0 Å². The first-order valence-corrected chi connectivity index (χ1v) is 8.45. The smallest absolute Gasteiger partial charge is 0.320 e. The number of likely N-dealkylation sites (N-methyl/N-ethyl adjacent to an activating group) is 1. The van der Waals surface area contributed by atoms with Gasteiger partial charge in [-0.2, -0.15) is 0 Å². The first-order chi connectivity index (χ1) is 11.0. The monoisotopic (exact) mass is 335 g/mol. The molecule has 124 valence electrons. The number of likely N-dealkylation sites (tertiary alicyclic amines) is 1. The molecule has 23 heavy (non-hydrogen) atoms. The van der Waals surface area contributed by atoms with E-state index >= 15 is 0 Å². The van der Waals surface area contributed by atoms with E-state index in [1.165, 1.54) is 5.56 Å². The van der Waals surface area contributed by atoms with Crippen LogP contribution < -0.4 is 0 Å². The number of rotatable bonds is 3. The van der Waals surface area contributed by atoms with Crippen molar-refractivity contribution in [3.8, 4) is 0 Å². The molecule has 0 aromatic heterocycles. The Labute approximate surface area is 141 Å². The van der Waals surface area contributed by atoms with E-state index in [0.29, 0.717) is 19.0 Å². The normalized spacial score (nSPS) is 21.9. The van der Waals surface area contributed by atoms with E-state index in [2.05, 4.69) is 0 Å². The highest BCUT2D eigenvalue weighted by atomic mass is 35.5. The molecule has 0 spiro atoms. The first-order valence-electron chi connectivity index (χ1n) is 8.08. The van der Waals surface area contributed by atoms with E-state index in [4.69, 9.17) is 11.6 Å². The van der Waals surface area contributed by atoms with Crippen LogP contribution in [0.5, 0.6) is 0 Å². The highest BCUT2D eigenvalue weighted by Crippen LogP contribution is 2.28. The Bertz CT molecular complexity index is 590. The summed E-state index contributed by atoms with van der Waals surface area (Å²) in [6.45, 7) is 3.02. The van der Waals surface area contributed by atoms with Gasteiger partial charge in [-0.15, -0.1) is 0 Å². The number of piperidine rings is 1. The summed E-state index contributed by atoms with van der Waals surface area (Å²) in [5.41, 5.74) is 1.23. The topological polar surface area (TPSA) is 43.9 Å². The summed E-state index contributed by atoms with van der Waals surface area (Å²) >= 11 is 5.94. The fourth-order valence-electron chi connectivity index (χ4n) is 3.32. The van der Waals surface area contributed by atoms with Gasteiger partial charge in [-0.1, -0.05) is 23.7 Å². The molecule has 1 aromatic carbocycles. The Hall–Kier alpha value is -1.75. The quantitative estimate of drug-likeness (QED) is 0.851. The third-order valence-corrected chi connectivity index (χ3v) is 5.00. The molecule has 0 bridgehead atoms. The highest BCUT2D eigenvalue weighted by molar-refractivity contribution is 6.30. The number of nitrogens with zero attached hydrogens (tertiary/aromatic N) is 3. The zero-order chi connectivity index (χ0) is 16.4. The van der Waals surface area contributed by atoms with Gasteiger partial charge in [-0.25, -0.2) is 4.79 Å². The lowest BCUT2D eigenvalue weighted by Crippen LogP contribution is -2.45. The molecule has 0 saturated carbocycles. The van der Waals surface area contributed by atoms with Crippen molar-refractivity contribution in [1.82, 2.24) is 14.7 Å². The van der Waals surface area contributed by atoms with Crippen molar-refractivity contribution in [3.05, 3.63) is 34.9 Å². The number of carbonyl (C=O) groups excluding carboxylic acids is 2. The van der Waals surface area contributed by atoms with Crippen LogP contribution in [0.25, 0.3) is 0 Å². The average Bonchev–Trinajstić information content (AvgIpc) is 2.88. The summed E-state index contributed by atoms with van der Waals surface area (Å²) in [6.07, 6.45) is 2.07. The molecule has 1 aromatic rings. The molecule has 2 aliphatic heterocycles. The maximum absolute atomic E-state index is 12.5. The third kappa shape index (κ3) is 3.61. The molecule has 1 atom stereocenters. The number of carbonyl (C=O) groups is 2. The number of halogens is 1. The van der Waals surface area contributed by atoms with Crippen LogP contribution in [0, 0.1) is 0 Å². The van der Waals surface area contributed by atoms with Crippen LogP contribution in [0.3, 0.4) is 0 Å². The van der Waals surface area contributed by atoms with Crippen molar-refractivity contribution in [3.63, 3.8) is 0 Å². The Balaban J connectivity index is 1.60. The maximum Gasteiger partial charge on any atom is 0.320 e. The van der Waals surface area contributed by atoms with Crippen LogP contribution >= 0.6 is 11.6 Å². The molecule has 6 heteroatoms. The van der Waals surface area contributed by atoms with Crippen molar-refractivity contribution in [2.45, 2.75) is 18.8 Å². The molecule has 2 heterocycles. The van der Waals surface area contributed by atoms with Crippen molar-refractivity contribution < 1.29 is 9.59 Å². The van der Waals surface area contributed by atoms with Gasteiger partial charge < -0.3 is 14.7 Å². The highest BCUT2D eigenvalue weighted by Gasteiger charge is 2.30. The lowest BCUT2D eigenvalue weighted by Gasteiger charge is -2.34. The van der Waals surface area contributed by atoms with Crippen molar-refractivity contribution >= 4 is 23.5 Å². The largest absolute Gasteiger partial charge is 0.341 e. The van der Waals surface area contributed by atoms with Crippen LogP contribution in [-0.4, -0.2) is 66.4 Å². The molecule has 0 N–H and O–H groups in total. The Morgan fingerprint density at radius 2 is 1.96 bits per heavy atom. The predicted molar refractivity (Wildman–Crippen MR) is 89.6 cm³/mol. The van der Waals surface area contributed by atoms with Gasteiger partial charge in [0.1, 0.15) is 6.54 Å². The second-order valence-electron chi connectivity index (χ2n) is 6.36. The van der Waals surface area contributed by atoms with Crippen molar-refractivity contribution in [2.24, 2.45) is 0 Å². The van der Waals surface area contributed by atoms with Gasteiger partial charge in [-0.3, -0.25) is 4.79 Å². The van der Waals surface area contributed by atoms with E-state index in [9.17, 15) is 9.59 Å². The molecule has 0 radical (unpaired) electrons. The van der Waals surface area contributed by atoms with Crippen molar-refractivity contribution in [2.75, 3.05) is 39.8 Å². The second kappa shape index (κ2) is 6.79. The molecule has 0 aliphatic carbocycles. The zero-order valence-corrected chi connectivity index (χ0v) is 14.1. The minimum atomic E-state index is -0.0513. The Morgan fingerprint density at radius 3 is 2.61 bits per heavy atom.